The van der Waals surface area contributed by atoms with Crippen LogP contribution in [0.5, 0.6) is 5.75 Å². The van der Waals surface area contributed by atoms with Gasteiger partial charge >= 0.3 is 0 Å². The molecular weight excluding hydrogens is 307 g/mol. The Balaban J connectivity index is 1.56. The zero-order chi connectivity index (χ0) is 16.9. The molecule has 1 saturated heterocycles. The summed E-state index contributed by atoms with van der Waals surface area (Å²) in [6, 6.07) is 14.3. The number of nitrogen functional groups attached to an aromatic ring is 1. The van der Waals surface area contributed by atoms with Gasteiger partial charge in [0.05, 0.1) is 12.7 Å². The fourth-order valence-corrected chi connectivity index (χ4v) is 2.86. The Labute approximate surface area is 142 Å². The average Bonchev–Trinajstić information content (AvgIpc) is 2.61. The van der Waals surface area contributed by atoms with Crippen molar-refractivity contribution in [3.05, 3.63) is 59.9 Å². The highest BCUT2D eigenvalue weighted by Crippen LogP contribution is 2.24. The molecule has 0 spiro atoms. The number of benzene rings is 2. The summed E-state index contributed by atoms with van der Waals surface area (Å²) < 4.78 is 25.1. The van der Waals surface area contributed by atoms with Gasteiger partial charge in [0.15, 0.2) is 0 Å². The molecular formula is C19H23FN2O2. The molecule has 2 unspecified atom stereocenters. The van der Waals surface area contributed by atoms with Gasteiger partial charge in [-0.1, -0.05) is 12.1 Å². The van der Waals surface area contributed by atoms with E-state index in [1.54, 1.807) is 12.1 Å². The quantitative estimate of drug-likeness (QED) is 0.855. The second-order valence-corrected chi connectivity index (χ2v) is 6.14. The lowest BCUT2D eigenvalue weighted by molar-refractivity contribution is -0.0479. The van der Waals surface area contributed by atoms with Crippen LogP contribution < -0.4 is 10.5 Å². The van der Waals surface area contributed by atoms with Gasteiger partial charge in [-0.3, -0.25) is 4.90 Å². The molecule has 0 aliphatic carbocycles. The summed E-state index contributed by atoms with van der Waals surface area (Å²) in [4.78, 5) is 2.32. The highest BCUT2D eigenvalue weighted by molar-refractivity contribution is 5.41. The van der Waals surface area contributed by atoms with E-state index >= 15 is 0 Å². The van der Waals surface area contributed by atoms with Crippen molar-refractivity contribution in [1.29, 1.82) is 0 Å². The number of rotatable bonds is 5. The molecule has 2 N–H and O–H groups in total. The Hall–Kier alpha value is -2.11. The van der Waals surface area contributed by atoms with Gasteiger partial charge in [0, 0.05) is 24.8 Å². The van der Waals surface area contributed by atoms with Crippen LogP contribution in [-0.2, 0) is 4.74 Å². The molecule has 2 aromatic carbocycles. The lowest BCUT2D eigenvalue weighted by Gasteiger charge is -2.36. The lowest BCUT2D eigenvalue weighted by atomic mass is 10.1. The number of ether oxygens (including phenoxy) is 2. The zero-order valence-corrected chi connectivity index (χ0v) is 13.8. The average molecular weight is 330 g/mol. The van der Waals surface area contributed by atoms with E-state index in [1.165, 1.54) is 6.07 Å². The van der Waals surface area contributed by atoms with Crippen molar-refractivity contribution in [2.24, 2.45) is 0 Å². The smallest absolute Gasteiger partial charge is 0.123 e. The monoisotopic (exact) mass is 330 g/mol. The van der Waals surface area contributed by atoms with Gasteiger partial charge in [0.25, 0.3) is 0 Å². The summed E-state index contributed by atoms with van der Waals surface area (Å²) in [5, 5.41) is 0. The lowest BCUT2D eigenvalue weighted by Crippen LogP contribution is -2.45. The minimum Gasteiger partial charge on any atom is -0.492 e. The second-order valence-electron chi connectivity index (χ2n) is 6.14. The molecule has 0 bridgehead atoms. The number of morpholine rings is 1. The minimum atomic E-state index is -0.229. The van der Waals surface area contributed by atoms with E-state index in [1.807, 2.05) is 30.3 Å². The number of nitrogens with zero attached hydrogens (tertiary/aromatic N) is 1. The SMILES string of the molecule is CC(COc1ccc(N)cc1)N1CCOC(c2cccc(F)c2)C1. The Morgan fingerprint density at radius 1 is 1.29 bits per heavy atom. The molecule has 0 saturated carbocycles. The van der Waals surface area contributed by atoms with E-state index in [2.05, 4.69) is 11.8 Å². The number of hydrogen-bond donors (Lipinski definition) is 1. The number of nitrogens with two attached hydrogens (primary N) is 1. The standard InChI is InChI=1S/C19H23FN2O2/c1-14(13-24-18-7-5-17(21)6-8-18)22-9-10-23-19(12-22)15-3-2-4-16(20)11-15/h2-8,11,14,19H,9-10,12-13,21H2,1H3. The van der Waals surface area contributed by atoms with Crippen LogP contribution in [-0.4, -0.2) is 37.2 Å². The molecule has 1 aliphatic rings. The molecule has 5 heteroatoms. The predicted molar refractivity (Wildman–Crippen MR) is 92.5 cm³/mol. The molecule has 0 radical (unpaired) electrons. The maximum absolute atomic E-state index is 13.4. The Kier molecular flexibility index (Phi) is 5.33. The summed E-state index contributed by atoms with van der Waals surface area (Å²) in [5.74, 6) is 0.582. The number of halogens is 1. The first-order valence-electron chi connectivity index (χ1n) is 8.21. The van der Waals surface area contributed by atoms with Gasteiger partial charge < -0.3 is 15.2 Å². The first-order valence-corrected chi connectivity index (χ1v) is 8.21. The first kappa shape index (κ1) is 16.7. The van der Waals surface area contributed by atoms with E-state index in [0.29, 0.717) is 13.2 Å². The van der Waals surface area contributed by atoms with E-state index in [-0.39, 0.29) is 18.0 Å². The van der Waals surface area contributed by atoms with Crippen LogP contribution in [0.25, 0.3) is 0 Å². The third-order valence-electron chi connectivity index (χ3n) is 4.31. The Morgan fingerprint density at radius 2 is 2.08 bits per heavy atom. The summed E-state index contributed by atoms with van der Waals surface area (Å²) >= 11 is 0. The van der Waals surface area contributed by atoms with Crippen LogP contribution in [0.4, 0.5) is 10.1 Å². The van der Waals surface area contributed by atoms with Crippen molar-refractivity contribution in [2.45, 2.75) is 19.1 Å². The normalized spacial score (nSPS) is 19.8. The Bertz CT molecular complexity index is 663. The van der Waals surface area contributed by atoms with E-state index in [9.17, 15) is 4.39 Å². The molecule has 2 aromatic rings. The topological polar surface area (TPSA) is 47.7 Å². The van der Waals surface area contributed by atoms with Gasteiger partial charge in [-0.2, -0.15) is 0 Å². The van der Waals surface area contributed by atoms with E-state index < -0.39 is 0 Å². The van der Waals surface area contributed by atoms with Crippen molar-refractivity contribution in [2.75, 3.05) is 32.0 Å². The maximum atomic E-state index is 13.4. The molecule has 4 nitrogen and oxygen atoms in total. The molecule has 2 atom stereocenters. The van der Waals surface area contributed by atoms with Crippen LogP contribution >= 0.6 is 0 Å². The minimum absolute atomic E-state index is 0.103. The van der Waals surface area contributed by atoms with Crippen LogP contribution in [0, 0.1) is 5.82 Å². The molecule has 3 rings (SSSR count). The third-order valence-corrected chi connectivity index (χ3v) is 4.31. The molecule has 1 fully saturated rings. The maximum Gasteiger partial charge on any atom is 0.123 e. The Morgan fingerprint density at radius 3 is 2.83 bits per heavy atom. The van der Waals surface area contributed by atoms with Gasteiger partial charge in [0.1, 0.15) is 18.2 Å². The summed E-state index contributed by atoms with van der Waals surface area (Å²) in [5.41, 5.74) is 7.28. The fraction of sp³-hybridized carbons (Fsp3) is 0.368. The van der Waals surface area contributed by atoms with Crippen LogP contribution in [0.3, 0.4) is 0 Å². The molecule has 1 aliphatic heterocycles. The highest BCUT2D eigenvalue weighted by atomic mass is 19.1. The zero-order valence-electron chi connectivity index (χ0n) is 13.8. The molecule has 0 aromatic heterocycles. The molecule has 24 heavy (non-hydrogen) atoms. The van der Waals surface area contributed by atoms with E-state index in [0.717, 1.165) is 30.1 Å². The van der Waals surface area contributed by atoms with Crippen molar-refractivity contribution >= 4 is 5.69 Å². The number of hydrogen-bond acceptors (Lipinski definition) is 4. The largest absolute Gasteiger partial charge is 0.492 e. The highest BCUT2D eigenvalue weighted by Gasteiger charge is 2.25. The molecule has 0 amide bonds. The van der Waals surface area contributed by atoms with Crippen molar-refractivity contribution in [1.82, 2.24) is 4.90 Å². The second kappa shape index (κ2) is 7.64. The van der Waals surface area contributed by atoms with Crippen molar-refractivity contribution < 1.29 is 13.9 Å². The van der Waals surface area contributed by atoms with Gasteiger partial charge in [-0.25, -0.2) is 4.39 Å². The summed E-state index contributed by atoms with van der Waals surface area (Å²) in [6.45, 7) is 4.92. The predicted octanol–water partition coefficient (Wildman–Crippen LogP) is 3.25. The molecule has 1 heterocycles. The van der Waals surface area contributed by atoms with Gasteiger partial charge in [0.2, 0.25) is 0 Å². The number of anilines is 1. The van der Waals surface area contributed by atoms with E-state index in [4.69, 9.17) is 15.2 Å². The fourth-order valence-electron chi connectivity index (χ4n) is 2.86. The van der Waals surface area contributed by atoms with Crippen LogP contribution in [0.15, 0.2) is 48.5 Å². The van der Waals surface area contributed by atoms with Crippen LogP contribution in [0.2, 0.25) is 0 Å². The first-order chi connectivity index (χ1) is 11.6. The van der Waals surface area contributed by atoms with Crippen molar-refractivity contribution in [3.8, 4) is 5.75 Å². The van der Waals surface area contributed by atoms with Crippen molar-refractivity contribution in [3.63, 3.8) is 0 Å². The summed E-state index contributed by atoms with van der Waals surface area (Å²) in [6.07, 6.45) is -0.103. The third kappa shape index (κ3) is 4.24. The molecule has 128 valence electrons. The van der Waals surface area contributed by atoms with Gasteiger partial charge in [-0.15, -0.1) is 0 Å². The van der Waals surface area contributed by atoms with Crippen LogP contribution in [0.1, 0.15) is 18.6 Å². The summed E-state index contributed by atoms with van der Waals surface area (Å²) in [7, 11) is 0. The van der Waals surface area contributed by atoms with Gasteiger partial charge in [-0.05, 0) is 48.9 Å².